The summed E-state index contributed by atoms with van der Waals surface area (Å²) in [5, 5.41) is 2.91. The van der Waals surface area contributed by atoms with Gasteiger partial charge in [-0.25, -0.2) is 4.79 Å². The summed E-state index contributed by atoms with van der Waals surface area (Å²) in [7, 11) is 0. The van der Waals surface area contributed by atoms with Gasteiger partial charge in [-0.05, 0) is 51.9 Å². The van der Waals surface area contributed by atoms with E-state index in [-0.39, 0.29) is 18.1 Å². The molecule has 0 bridgehead atoms. The highest BCUT2D eigenvalue weighted by atomic mass is 16.6. The van der Waals surface area contributed by atoms with Crippen molar-refractivity contribution in [2.45, 2.75) is 51.7 Å². The molecule has 0 spiro atoms. The van der Waals surface area contributed by atoms with E-state index in [2.05, 4.69) is 5.32 Å². The van der Waals surface area contributed by atoms with E-state index in [9.17, 15) is 9.59 Å². The fourth-order valence-electron chi connectivity index (χ4n) is 3.01. The number of amides is 1. The summed E-state index contributed by atoms with van der Waals surface area (Å²) in [5.41, 5.74) is -0.450. The molecule has 0 aromatic carbocycles. The zero-order valence-electron chi connectivity index (χ0n) is 10.7. The van der Waals surface area contributed by atoms with E-state index in [1.807, 2.05) is 20.8 Å². The lowest BCUT2D eigenvalue weighted by Crippen LogP contribution is -2.51. The first-order valence-corrected chi connectivity index (χ1v) is 6.34. The fourth-order valence-corrected chi connectivity index (χ4v) is 3.01. The van der Waals surface area contributed by atoms with Gasteiger partial charge in [-0.1, -0.05) is 0 Å². The summed E-state index contributed by atoms with van der Waals surface area (Å²) in [4.78, 5) is 22.3. The first-order valence-electron chi connectivity index (χ1n) is 6.34. The lowest BCUT2D eigenvalue weighted by Gasteiger charge is -2.40. The van der Waals surface area contributed by atoms with E-state index in [4.69, 9.17) is 4.74 Å². The molecule has 0 saturated heterocycles. The molecule has 0 aromatic rings. The number of ether oxygens (including phenoxy) is 1. The molecule has 1 N–H and O–H groups in total. The van der Waals surface area contributed by atoms with Gasteiger partial charge in [0.15, 0.2) is 0 Å². The Kier molecular flexibility index (Phi) is 3.15. The van der Waals surface area contributed by atoms with Crippen molar-refractivity contribution in [2.75, 3.05) is 0 Å². The van der Waals surface area contributed by atoms with Crippen LogP contribution in [-0.2, 0) is 9.53 Å². The predicted molar refractivity (Wildman–Crippen MR) is 63.5 cm³/mol. The molecule has 2 saturated carbocycles. The van der Waals surface area contributed by atoms with Gasteiger partial charge >= 0.3 is 6.09 Å². The predicted octanol–water partition coefficient (Wildman–Crippen LogP) is 2.12. The SMILES string of the molecule is CC(C)(C)OC(=O)N[C@@H]1C[C@@H]2CC(C=O)C[C@@H]21. The summed E-state index contributed by atoms with van der Waals surface area (Å²) in [6, 6.07) is 0.208. The molecule has 4 nitrogen and oxygen atoms in total. The highest BCUT2D eigenvalue weighted by molar-refractivity contribution is 5.68. The molecule has 1 unspecified atom stereocenters. The first kappa shape index (κ1) is 12.4. The van der Waals surface area contributed by atoms with Gasteiger partial charge in [0.25, 0.3) is 0 Å². The van der Waals surface area contributed by atoms with Gasteiger partial charge in [0.2, 0.25) is 0 Å². The molecule has 17 heavy (non-hydrogen) atoms. The Hall–Kier alpha value is -1.06. The number of hydrogen-bond donors (Lipinski definition) is 1. The molecular formula is C13H21NO3. The Morgan fingerprint density at radius 3 is 2.59 bits per heavy atom. The smallest absolute Gasteiger partial charge is 0.407 e. The maximum absolute atomic E-state index is 11.6. The number of nitrogens with one attached hydrogen (secondary N) is 1. The second-order valence-corrected chi connectivity index (χ2v) is 6.28. The van der Waals surface area contributed by atoms with Gasteiger partial charge in [-0.2, -0.15) is 0 Å². The minimum absolute atomic E-state index is 0.204. The molecule has 0 aliphatic heterocycles. The lowest BCUT2D eigenvalue weighted by molar-refractivity contribution is -0.111. The van der Waals surface area contributed by atoms with Crippen LogP contribution in [0.4, 0.5) is 4.79 Å². The molecule has 2 aliphatic rings. The molecule has 2 aliphatic carbocycles. The minimum Gasteiger partial charge on any atom is -0.444 e. The van der Waals surface area contributed by atoms with Crippen LogP contribution in [0.2, 0.25) is 0 Å². The van der Waals surface area contributed by atoms with Gasteiger partial charge in [-0.15, -0.1) is 0 Å². The summed E-state index contributed by atoms with van der Waals surface area (Å²) < 4.78 is 5.23. The molecule has 4 heteroatoms. The van der Waals surface area contributed by atoms with Crippen LogP contribution in [0.15, 0.2) is 0 Å². The van der Waals surface area contributed by atoms with Crippen molar-refractivity contribution < 1.29 is 14.3 Å². The van der Waals surface area contributed by atoms with Crippen LogP contribution in [0.1, 0.15) is 40.0 Å². The van der Waals surface area contributed by atoms with Gasteiger partial charge < -0.3 is 14.8 Å². The van der Waals surface area contributed by atoms with Crippen LogP contribution in [0.25, 0.3) is 0 Å². The Bertz CT molecular complexity index is 321. The summed E-state index contributed by atoms with van der Waals surface area (Å²) in [5.74, 6) is 1.32. The third-order valence-corrected chi connectivity index (χ3v) is 3.75. The number of rotatable bonds is 2. The quantitative estimate of drug-likeness (QED) is 0.751. The number of fused-ring (bicyclic) bond motifs is 1. The number of aldehydes is 1. The average molecular weight is 239 g/mol. The minimum atomic E-state index is -0.450. The largest absolute Gasteiger partial charge is 0.444 e. The molecule has 0 radical (unpaired) electrons. The van der Waals surface area contributed by atoms with Gasteiger partial charge in [0.05, 0.1) is 0 Å². The van der Waals surface area contributed by atoms with Crippen molar-refractivity contribution >= 4 is 12.4 Å². The lowest BCUT2D eigenvalue weighted by atomic mass is 9.71. The molecule has 1 amide bonds. The van der Waals surface area contributed by atoms with E-state index < -0.39 is 5.60 Å². The molecule has 4 atom stereocenters. The normalized spacial score (nSPS) is 35.7. The highest BCUT2D eigenvalue weighted by Crippen LogP contribution is 2.49. The molecule has 0 heterocycles. The maximum atomic E-state index is 11.6. The van der Waals surface area contributed by atoms with E-state index in [0.29, 0.717) is 11.8 Å². The third kappa shape index (κ3) is 2.79. The standard InChI is InChI=1S/C13H21NO3/c1-13(2,3)17-12(16)14-11-6-9-4-8(7-15)5-10(9)11/h7-11H,4-6H2,1-3H3,(H,14,16)/t8?,9-,10-,11+/m0/s1. The zero-order valence-corrected chi connectivity index (χ0v) is 10.7. The molecule has 2 rings (SSSR count). The van der Waals surface area contributed by atoms with Crippen molar-refractivity contribution in [2.24, 2.45) is 17.8 Å². The van der Waals surface area contributed by atoms with Gasteiger partial charge in [0, 0.05) is 12.0 Å². The van der Waals surface area contributed by atoms with E-state index in [1.54, 1.807) is 0 Å². The second kappa shape index (κ2) is 4.31. The van der Waals surface area contributed by atoms with Gasteiger partial charge in [0.1, 0.15) is 11.9 Å². The van der Waals surface area contributed by atoms with Crippen LogP contribution >= 0.6 is 0 Å². The highest BCUT2D eigenvalue weighted by Gasteiger charge is 2.48. The van der Waals surface area contributed by atoms with Crippen molar-refractivity contribution in [3.63, 3.8) is 0 Å². The van der Waals surface area contributed by atoms with Crippen LogP contribution < -0.4 is 5.32 Å². The van der Waals surface area contributed by atoms with Gasteiger partial charge in [-0.3, -0.25) is 0 Å². The van der Waals surface area contributed by atoms with Crippen molar-refractivity contribution in [1.82, 2.24) is 5.32 Å². The summed E-state index contributed by atoms with van der Waals surface area (Å²) in [6.45, 7) is 5.57. The van der Waals surface area contributed by atoms with E-state index in [1.165, 1.54) is 0 Å². The van der Waals surface area contributed by atoms with Crippen molar-refractivity contribution in [3.8, 4) is 0 Å². The molecule has 96 valence electrons. The fraction of sp³-hybridized carbons (Fsp3) is 0.846. The number of hydrogen-bond acceptors (Lipinski definition) is 3. The number of carbonyl (C=O) groups is 2. The van der Waals surface area contributed by atoms with E-state index in [0.717, 1.165) is 25.5 Å². The Labute approximate surface area is 102 Å². The Morgan fingerprint density at radius 2 is 2.00 bits per heavy atom. The van der Waals surface area contributed by atoms with Crippen LogP contribution in [0, 0.1) is 17.8 Å². The summed E-state index contributed by atoms with van der Waals surface area (Å²) in [6.07, 6.45) is 3.64. The molecule has 2 fully saturated rings. The van der Waals surface area contributed by atoms with Crippen LogP contribution in [0.5, 0.6) is 0 Å². The number of carbonyl (C=O) groups excluding carboxylic acids is 2. The third-order valence-electron chi connectivity index (χ3n) is 3.75. The molecule has 0 aromatic heterocycles. The van der Waals surface area contributed by atoms with Crippen LogP contribution in [-0.4, -0.2) is 24.0 Å². The zero-order chi connectivity index (χ0) is 12.6. The van der Waals surface area contributed by atoms with Crippen LogP contribution in [0.3, 0.4) is 0 Å². The Morgan fingerprint density at radius 1 is 1.29 bits per heavy atom. The first-order chi connectivity index (χ1) is 7.89. The van der Waals surface area contributed by atoms with Crippen molar-refractivity contribution in [3.05, 3.63) is 0 Å². The second-order valence-electron chi connectivity index (χ2n) is 6.28. The average Bonchev–Trinajstić information content (AvgIpc) is 2.49. The molecular weight excluding hydrogens is 218 g/mol. The number of alkyl carbamates (subject to hydrolysis) is 1. The van der Waals surface area contributed by atoms with Crippen molar-refractivity contribution in [1.29, 1.82) is 0 Å². The topological polar surface area (TPSA) is 55.4 Å². The maximum Gasteiger partial charge on any atom is 0.407 e. The Balaban J connectivity index is 1.79. The van der Waals surface area contributed by atoms with E-state index >= 15 is 0 Å². The summed E-state index contributed by atoms with van der Waals surface area (Å²) >= 11 is 0. The monoisotopic (exact) mass is 239 g/mol.